The highest BCUT2D eigenvalue weighted by molar-refractivity contribution is 7.09. The number of anilines is 2. The van der Waals surface area contributed by atoms with Gasteiger partial charge < -0.3 is 10.6 Å². The summed E-state index contributed by atoms with van der Waals surface area (Å²) in [6.07, 6.45) is 4.72. The van der Waals surface area contributed by atoms with Crippen molar-refractivity contribution in [2.45, 2.75) is 32.1 Å². The molecule has 5 nitrogen and oxygen atoms in total. The molecule has 21 heavy (non-hydrogen) atoms. The van der Waals surface area contributed by atoms with Crippen LogP contribution in [0.2, 0.25) is 5.02 Å². The van der Waals surface area contributed by atoms with Crippen molar-refractivity contribution in [3.05, 3.63) is 27.4 Å². The van der Waals surface area contributed by atoms with E-state index >= 15 is 0 Å². The summed E-state index contributed by atoms with van der Waals surface area (Å²) in [5.74, 6) is 1.52. The van der Waals surface area contributed by atoms with E-state index < -0.39 is 0 Å². The van der Waals surface area contributed by atoms with Crippen LogP contribution in [0.5, 0.6) is 0 Å². The lowest BCUT2D eigenvalue weighted by Crippen LogP contribution is -2.35. The van der Waals surface area contributed by atoms with Crippen LogP contribution in [-0.2, 0) is 6.42 Å². The van der Waals surface area contributed by atoms with Gasteiger partial charge in [0, 0.05) is 24.4 Å². The van der Waals surface area contributed by atoms with Gasteiger partial charge in [0.15, 0.2) is 5.82 Å². The van der Waals surface area contributed by atoms with E-state index in [0.717, 1.165) is 38.2 Å². The molecule has 0 aromatic carbocycles. The Balaban J connectivity index is 1.81. The van der Waals surface area contributed by atoms with Crippen molar-refractivity contribution >= 4 is 34.6 Å². The van der Waals surface area contributed by atoms with E-state index in [2.05, 4.69) is 27.2 Å². The number of nitrogen functional groups attached to an aromatic ring is 1. The van der Waals surface area contributed by atoms with E-state index in [1.54, 1.807) is 11.3 Å². The molecule has 0 amide bonds. The van der Waals surface area contributed by atoms with Crippen LogP contribution in [0.25, 0.3) is 0 Å². The smallest absolute Gasteiger partial charge is 0.153 e. The maximum Gasteiger partial charge on any atom is 0.153 e. The minimum atomic E-state index is 0.339. The number of halogens is 1. The minimum Gasteiger partial charge on any atom is -0.382 e. The summed E-state index contributed by atoms with van der Waals surface area (Å²) < 4.78 is 0. The number of hydrogen-bond donors (Lipinski definition) is 1. The highest BCUT2D eigenvalue weighted by Gasteiger charge is 2.26. The normalized spacial score (nSPS) is 19.0. The lowest BCUT2D eigenvalue weighted by atomic mass is 9.99. The summed E-state index contributed by atoms with van der Waals surface area (Å²) in [4.78, 5) is 15.1. The number of aryl methyl sites for hydroxylation is 1. The van der Waals surface area contributed by atoms with Crippen molar-refractivity contribution in [3.8, 4) is 0 Å². The first kappa shape index (κ1) is 14.5. The largest absolute Gasteiger partial charge is 0.382 e. The van der Waals surface area contributed by atoms with E-state index in [1.165, 1.54) is 17.0 Å². The Morgan fingerprint density at radius 1 is 1.48 bits per heavy atom. The molecule has 0 radical (unpaired) electrons. The number of aromatic nitrogens is 3. The standard InChI is InChI=1S/C14H18ClN5S/c1-2-10-7-21-14(19-10)9-4-3-5-20(6-9)13-11(15)12(16)17-8-18-13/h7-9H,2-6H2,1H3,(H2,16,17,18)/t9-/m0/s1. The molecule has 1 atom stereocenters. The fourth-order valence-corrected chi connectivity index (χ4v) is 3.89. The molecule has 0 spiro atoms. The number of hydrogen-bond acceptors (Lipinski definition) is 6. The molecule has 0 saturated carbocycles. The zero-order valence-electron chi connectivity index (χ0n) is 11.9. The Kier molecular flexibility index (Phi) is 4.26. The van der Waals surface area contributed by atoms with Crippen molar-refractivity contribution in [3.63, 3.8) is 0 Å². The van der Waals surface area contributed by atoms with E-state index in [-0.39, 0.29) is 0 Å². The number of rotatable bonds is 3. The second-order valence-corrected chi connectivity index (χ2v) is 6.48. The SMILES string of the molecule is CCc1csc([C@H]2CCCN(c3ncnc(N)c3Cl)C2)n1. The molecule has 112 valence electrons. The Morgan fingerprint density at radius 3 is 3.10 bits per heavy atom. The number of piperidine rings is 1. The Labute approximate surface area is 133 Å². The summed E-state index contributed by atoms with van der Waals surface area (Å²) in [5.41, 5.74) is 6.95. The predicted octanol–water partition coefficient (Wildman–Crippen LogP) is 3.12. The molecule has 0 bridgehead atoms. The van der Waals surface area contributed by atoms with Crippen molar-refractivity contribution in [2.24, 2.45) is 0 Å². The highest BCUT2D eigenvalue weighted by atomic mass is 35.5. The van der Waals surface area contributed by atoms with Gasteiger partial charge in [-0.15, -0.1) is 11.3 Å². The maximum atomic E-state index is 6.24. The maximum absolute atomic E-state index is 6.24. The Hall–Kier alpha value is -1.40. The quantitative estimate of drug-likeness (QED) is 0.940. The lowest BCUT2D eigenvalue weighted by molar-refractivity contribution is 0.504. The van der Waals surface area contributed by atoms with Gasteiger partial charge in [-0.25, -0.2) is 15.0 Å². The van der Waals surface area contributed by atoms with Crippen LogP contribution in [0, 0.1) is 0 Å². The molecule has 2 aromatic heterocycles. The second-order valence-electron chi connectivity index (χ2n) is 5.21. The molecular formula is C14H18ClN5S. The Bertz CT molecular complexity index is 630. The molecule has 0 aliphatic carbocycles. The topological polar surface area (TPSA) is 67.9 Å². The van der Waals surface area contributed by atoms with Crippen LogP contribution in [0.15, 0.2) is 11.7 Å². The molecule has 0 unspecified atom stereocenters. The number of nitrogens with two attached hydrogens (primary N) is 1. The molecule has 2 N–H and O–H groups in total. The number of nitrogens with zero attached hydrogens (tertiary/aromatic N) is 4. The van der Waals surface area contributed by atoms with Crippen molar-refractivity contribution in [1.29, 1.82) is 0 Å². The molecule has 1 aliphatic rings. The van der Waals surface area contributed by atoms with Crippen LogP contribution in [0.4, 0.5) is 11.6 Å². The fraction of sp³-hybridized carbons (Fsp3) is 0.500. The minimum absolute atomic E-state index is 0.339. The van der Waals surface area contributed by atoms with Gasteiger partial charge in [-0.05, 0) is 19.3 Å². The number of thiazole rings is 1. The van der Waals surface area contributed by atoms with E-state index in [1.807, 2.05) is 0 Å². The molecule has 3 heterocycles. The zero-order valence-corrected chi connectivity index (χ0v) is 13.5. The lowest BCUT2D eigenvalue weighted by Gasteiger charge is -2.33. The van der Waals surface area contributed by atoms with Gasteiger partial charge in [-0.1, -0.05) is 18.5 Å². The first-order valence-corrected chi connectivity index (χ1v) is 8.40. The molecule has 2 aromatic rings. The molecule has 1 saturated heterocycles. The molecule has 1 fully saturated rings. The summed E-state index contributed by atoms with van der Waals surface area (Å²) in [7, 11) is 0. The van der Waals surface area contributed by atoms with E-state index in [4.69, 9.17) is 22.3 Å². The van der Waals surface area contributed by atoms with Gasteiger partial charge in [0.05, 0.1) is 10.7 Å². The van der Waals surface area contributed by atoms with E-state index in [9.17, 15) is 0 Å². The zero-order chi connectivity index (χ0) is 14.8. The van der Waals surface area contributed by atoms with Crippen LogP contribution in [0.1, 0.15) is 36.4 Å². The average molecular weight is 324 g/mol. The van der Waals surface area contributed by atoms with Gasteiger partial charge in [-0.3, -0.25) is 0 Å². The van der Waals surface area contributed by atoms with Crippen molar-refractivity contribution in [2.75, 3.05) is 23.7 Å². The summed E-state index contributed by atoms with van der Waals surface area (Å²) >= 11 is 8.00. The summed E-state index contributed by atoms with van der Waals surface area (Å²) in [6.45, 7) is 3.96. The Morgan fingerprint density at radius 2 is 2.33 bits per heavy atom. The van der Waals surface area contributed by atoms with E-state index in [0.29, 0.717) is 16.8 Å². The third kappa shape index (κ3) is 2.96. The van der Waals surface area contributed by atoms with Gasteiger partial charge >= 0.3 is 0 Å². The van der Waals surface area contributed by atoms with Gasteiger partial charge in [0.1, 0.15) is 17.2 Å². The second kappa shape index (κ2) is 6.15. The van der Waals surface area contributed by atoms with Gasteiger partial charge in [0.25, 0.3) is 0 Å². The van der Waals surface area contributed by atoms with Crippen LogP contribution in [0.3, 0.4) is 0 Å². The monoisotopic (exact) mass is 323 g/mol. The van der Waals surface area contributed by atoms with Gasteiger partial charge in [0.2, 0.25) is 0 Å². The first-order chi connectivity index (χ1) is 10.2. The average Bonchev–Trinajstić information content (AvgIpc) is 2.99. The third-order valence-corrected chi connectivity index (χ3v) is 5.22. The summed E-state index contributed by atoms with van der Waals surface area (Å²) in [6, 6.07) is 0. The summed E-state index contributed by atoms with van der Waals surface area (Å²) in [5, 5.41) is 3.82. The molecule has 3 rings (SSSR count). The molecule has 1 aliphatic heterocycles. The predicted molar refractivity (Wildman–Crippen MR) is 87.1 cm³/mol. The van der Waals surface area contributed by atoms with Gasteiger partial charge in [-0.2, -0.15) is 0 Å². The fourth-order valence-electron chi connectivity index (χ4n) is 2.64. The molecule has 7 heteroatoms. The van der Waals surface area contributed by atoms with Crippen LogP contribution in [-0.4, -0.2) is 28.0 Å². The van der Waals surface area contributed by atoms with Crippen molar-refractivity contribution < 1.29 is 0 Å². The third-order valence-electron chi connectivity index (χ3n) is 3.80. The van der Waals surface area contributed by atoms with Crippen molar-refractivity contribution in [1.82, 2.24) is 15.0 Å². The first-order valence-electron chi connectivity index (χ1n) is 7.14. The van der Waals surface area contributed by atoms with Crippen LogP contribution < -0.4 is 10.6 Å². The molecular weight excluding hydrogens is 306 g/mol. The van der Waals surface area contributed by atoms with Crippen LogP contribution >= 0.6 is 22.9 Å². The highest BCUT2D eigenvalue weighted by Crippen LogP contribution is 2.34.